The maximum absolute atomic E-state index is 11.2. The number of hydrogen-bond donors (Lipinski definition) is 2. The van der Waals surface area contributed by atoms with Gasteiger partial charge in [-0.15, -0.1) is 0 Å². The van der Waals surface area contributed by atoms with Crippen molar-refractivity contribution in [1.82, 2.24) is 10.6 Å². The number of nitrogens with one attached hydrogen (secondary N) is 2. The molecule has 0 spiro atoms. The number of fused-ring (bicyclic) bond motifs is 1. The summed E-state index contributed by atoms with van der Waals surface area (Å²) in [4.78, 5) is 22.4. The molecule has 18 heavy (non-hydrogen) atoms. The molecular weight excluding hydrogens is 248 g/mol. The number of ketones is 1. The van der Waals surface area contributed by atoms with E-state index in [1.165, 1.54) is 0 Å². The van der Waals surface area contributed by atoms with Crippen molar-refractivity contribution in [2.75, 3.05) is 5.75 Å². The Kier molecular flexibility index (Phi) is 4.92. The molecule has 0 saturated carbocycles. The third kappa shape index (κ3) is 3.40. The Hall–Kier alpha value is -0.710. The highest BCUT2D eigenvalue weighted by Crippen LogP contribution is 2.33. The largest absolute Gasteiger partial charge is 0.332 e. The molecule has 0 aromatic heterocycles. The summed E-state index contributed by atoms with van der Waals surface area (Å²) in [7, 11) is 0. The number of carbonyl (C=O) groups is 2. The van der Waals surface area contributed by atoms with Crippen LogP contribution in [0.5, 0.6) is 0 Å². The molecule has 2 amide bonds. The third-order valence-electron chi connectivity index (χ3n) is 3.78. The molecule has 4 nitrogen and oxygen atoms in total. The van der Waals surface area contributed by atoms with Crippen molar-refractivity contribution in [2.45, 2.75) is 62.8 Å². The highest BCUT2D eigenvalue weighted by Gasteiger charge is 2.42. The first-order chi connectivity index (χ1) is 8.70. The zero-order valence-corrected chi connectivity index (χ0v) is 11.7. The Bertz CT molecular complexity index is 322. The standard InChI is InChI=1S/C13H22N2O2S/c1-2-9(16)6-4-3-5-7-11-12-10(8-18-11)14-13(17)15-12/h10-12H,2-8H2,1H3,(H2,14,15,17). The molecule has 0 aromatic rings. The maximum Gasteiger partial charge on any atom is 0.315 e. The molecule has 2 aliphatic rings. The van der Waals surface area contributed by atoms with E-state index in [4.69, 9.17) is 0 Å². The number of hydrogen-bond acceptors (Lipinski definition) is 3. The van der Waals surface area contributed by atoms with Crippen LogP contribution >= 0.6 is 11.8 Å². The number of Topliss-reactive ketones (excluding diaryl/α,β-unsaturated/α-hetero) is 1. The van der Waals surface area contributed by atoms with E-state index in [-0.39, 0.29) is 6.03 Å². The molecule has 2 saturated heterocycles. The minimum absolute atomic E-state index is 0.0103. The fourth-order valence-electron chi connectivity index (χ4n) is 2.66. The molecule has 2 aliphatic heterocycles. The minimum Gasteiger partial charge on any atom is -0.332 e. The van der Waals surface area contributed by atoms with E-state index in [1.54, 1.807) is 0 Å². The number of rotatable bonds is 7. The van der Waals surface area contributed by atoms with E-state index in [2.05, 4.69) is 10.6 Å². The fourth-order valence-corrected chi connectivity index (χ4v) is 4.21. The van der Waals surface area contributed by atoms with Gasteiger partial charge in [0.2, 0.25) is 0 Å². The van der Waals surface area contributed by atoms with E-state index < -0.39 is 0 Å². The van der Waals surface area contributed by atoms with E-state index in [1.807, 2.05) is 18.7 Å². The smallest absolute Gasteiger partial charge is 0.315 e. The molecule has 2 N–H and O–H groups in total. The fraction of sp³-hybridized carbons (Fsp3) is 0.846. The van der Waals surface area contributed by atoms with Crippen molar-refractivity contribution < 1.29 is 9.59 Å². The summed E-state index contributed by atoms with van der Waals surface area (Å²) in [6.45, 7) is 1.92. The van der Waals surface area contributed by atoms with Crippen molar-refractivity contribution in [1.29, 1.82) is 0 Å². The molecule has 3 atom stereocenters. The predicted molar refractivity (Wildman–Crippen MR) is 73.9 cm³/mol. The van der Waals surface area contributed by atoms with Gasteiger partial charge in [-0.25, -0.2) is 4.79 Å². The van der Waals surface area contributed by atoms with Crippen LogP contribution in [0.1, 0.15) is 45.4 Å². The monoisotopic (exact) mass is 270 g/mol. The normalized spacial score (nSPS) is 29.8. The SMILES string of the molecule is CCC(=O)CCCCCC1SCC2NC(=O)NC21. The predicted octanol–water partition coefficient (Wildman–Crippen LogP) is 2.08. The van der Waals surface area contributed by atoms with Crippen molar-refractivity contribution in [2.24, 2.45) is 0 Å². The number of unbranched alkanes of at least 4 members (excludes halogenated alkanes) is 2. The minimum atomic E-state index is -0.0103. The first-order valence-electron chi connectivity index (χ1n) is 6.91. The molecule has 3 unspecified atom stereocenters. The summed E-state index contributed by atoms with van der Waals surface area (Å²) in [5.41, 5.74) is 0. The Morgan fingerprint density at radius 2 is 2.17 bits per heavy atom. The van der Waals surface area contributed by atoms with Crippen LogP contribution in [-0.2, 0) is 4.79 Å². The molecule has 2 fully saturated rings. The number of thioether (sulfide) groups is 1. The van der Waals surface area contributed by atoms with Crippen LogP contribution in [0.25, 0.3) is 0 Å². The first kappa shape index (κ1) is 13.7. The summed E-state index contributed by atoms with van der Waals surface area (Å²) in [6, 6.07) is 0.637. The lowest BCUT2D eigenvalue weighted by molar-refractivity contribution is -0.118. The van der Waals surface area contributed by atoms with Gasteiger partial charge in [-0.1, -0.05) is 19.8 Å². The zero-order chi connectivity index (χ0) is 13.0. The molecule has 0 aromatic carbocycles. The Balaban J connectivity index is 1.60. The van der Waals surface area contributed by atoms with Crippen molar-refractivity contribution in [3.05, 3.63) is 0 Å². The van der Waals surface area contributed by atoms with Gasteiger partial charge >= 0.3 is 6.03 Å². The van der Waals surface area contributed by atoms with Gasteiger partial charge in [0.25, 0.3) is 0 Å². The third-order valence-corrected chi connectivity index (χ3v) is 5.29. The Morgan fingerprint density at radius 1 is 1.33 bits per heavy atom. The number of carbonyl (C=O) groups excluding carboxylic acids is 2. The zero-order valence-electron chi connectivity index (χ0n) is 10.9. The van der Waals surface area contributed by atoms with Gasteiger partial charge in [0.1, 0.15) is 5.78 Å². The van der Waals surface area contributed by atoms with Crippen LogP contribution in [0.4, 0.5) is 4.79 Å². The van der Waals surface area contributed by atoms with E-state index in [9.17, 15) is 9.59 Å². The van der Waals surface area contributed by atoms with Crippen LogP contribution in [0.15, 0.2) is 0 Å². The molecule has 0 radical (unpaired) electrons. The van der Waals surface area contributed by atoms with Gasteiger partial charge in [-0.05, 0) is 12.8 Å². The summed E-state index contributed by atoms with van der Waals surface area (Å²) in [5.74, 6) is 1.40. The average Bonchev–Trinajstić information content (AvgIpc) is 2.88. The summed E-state index contributed by atoms with van der Waals surface area (Å²) >= 11 is 1.96. The lowest BCUT2D eigenvalue weighted by Gasteiger charge is -2.16. The van der Waals surface area contributed by atoms with E-state index in [0.29, 0.717) is 29.5 Å². The highest BCUT2D eigenvalue weighted by atomic mass is 32.2. The van der Waals surface area contributed by atoms with Crippen molar-refractivity contribution >= 4 is 23.6 Å². The second-order valence-electron chi connectivity index (χ2n) is 5.11. The Morgan fingerprint density at radius 3 is 2.94 bits per heavy atom. The van der Waals surface area contributed by atoms with Gasteiger partial charge < -0.3 is 10.6 Å². The van der Waals surface area contributed by atoms with Crippen LogP contribution < -0.4 is 10.6 Å². The van der Waals surface area contributed by atoms with Crippen molar-refractivity contribution in [3.8, 4) is 0 Å². The molecule has 5 heteroatoms. The highest BCUT2D eigenvalue weighted by molar-refractivity contribution is 8.00. The summed E-state index contributed by atoms with van der Waals surface area (Å²) < 4.78 is 0. The first-order valence-corrected chi connectivity index (χ1v) is 7.96. The van der Waals surface area contributed by atoms with Crippen LogP contribution in [0.3, 0.4) is 0 Å². The summed E-state index contributed by atoms with van der Waals surface area (Å²) in [5, 5.41) is 6.52. The van der Waals surface area contributed by atoms with Gasteiger partial charge in [0.05, 0.1) is 12.1 Å². The number of urea groups is 1. The van der Waals surface area contributed by atoms with E-state index in [0.717, 1.165) is 37.9 Å². The molecule has 0 aliphatic carbocycles. The second-order valence-corrected chi connectivity index (χ2v) is 6.39. The van der Waals surface area contributed by atoms with E-state index >= 15 is 0 Å². The molecular formula is C13H22N2O2S. The molecule has 2 heterocycles. The van der Waals surface area contributed by atoms with Gasteiger partial charge in [-0.2, -0.15) is 11.8 Å². The second kappa shape index (κ2) is 6.45. The molecule has 2 rings (SSSR count). The Labute approximate surface area is 113 Å². The average molecular weight is 270 g/mol. The lowest BCUT2D eigenvalue weighted by Crippen LogP contribution is -2.36. The topological polar surface area (TPSA) is 58.2 Å². The van der Waals surface area contributed by atoms with Crippen LogP contribution in [-0.4, -0.2) is 34.9 Å². The van der Waals surface area contributed by atoms with Crippen LogP contribution in [0.2, 0.25) is 0 Å². The lowest BCUT2D eigenvalue weighted by atomic mass is 10.0. The van der Waals surface area contributed by atoms with Crippen molar-refractivity contribution in [3.63, 3.8) is 0 Å². The maximum atomic E-state index is 11.2. The summed E-state index contributed by atoms with van der Waals surface area (Å²) in [6.07, 6.45) is 5.85. The van der Waals surface area contributed by atoms with Gasteiger partial charge in [0, 0.05) is 23.8 Å². The molecule has 0 bridgehead atoms. The van der Waals surface area contributed by atoms with Gasteiger partial charge in [0.15, 0.2) is 0 Å². The number of amides is 2. The quantitative estimate of drug-likeness (QED) is 0.550. The van der Waals surface area contributed by atoms with Crippen LogP contribution in [0, 0.1) is 0 Å². The van der Waals surface area contributed by atoms with Gasteiger partial charge in [-0.3, -0.25) is 4.79 Å². The molecule has 102 valence electrons.